The third-order valence-corrected chi connectivity index (χ3v) is 5.78. The van der Waals surface area contributed by atoms with Gasteiger partial charge in [-0.15, -0.1) is 11.3 Å². The molecule has 1 aromatic rings. The molecule has 1 aromatic heterocycles. The van der Waals surface area contributed by atoms with Gasteiger partial charge in [0.25, 0.3) is 5.91 Å². The van der Waals surface area contributed by atoms with Crippen molar-refractivity contribution in [3.8, 4) is 0 Å². The SMILES string of the molecule is CC1CCc2sc(C(=O)NC3(CO)CCC3)cc2C1. The first kappa shape index (κ1) is 13.1. The lowest BCUT2D eigenvalue weighted by atomic mass is 9.77. The Kier molecular flexibility index (Phi) is 3.39. The van der Waals surface area contributed by atoms with Crippen LogP contribution in [0.2, 0.25) is 0 Å². The first-order valence-corrected chi connectivity index (χ1v) is 7.98. The van der Waals surface area contributed by atoms with Crippen molar-refractivity contribution in [3.63, 3.8) is 0 Å². The van der Waals surface area contributed by atoms with Gasteiger partial charge in [-0.3, -0.25) is 4.79 Å². The molecular formula is C15H21NO2S. The number of hydrogen-bond donors (Lipinski definition) is 2. The molecule has 1 heterocycles. The minimum absolute atomic E-state index is 0.000744. The number of aliphatic hydroxyl groups excluding tert-OH is 1. The van der Waals surface area contributed by atoms with Gasteiger partial charge in [0.2, 0.25) is 0 Å². The maximum absolute atomic E-state index is 12.3. The summed E-state index contributed by atoms with van der Waals surface area (Å²) in [5.41, 5.74) is 1.02. The molecule has 0 bridgehead atoms. The summed E-state index contributed by atoms with van der Waals surface area (Å²) in [6.45, 7) is 2.33. The Hall–Kier alpha value is -0.870. The van der Waals surface area contributed by atoms with E-state index in [1.165, 1.54) is 16.9 Å². The topological polar surface area (TPSA) is 49.3 Å². The molecule has 3 nitrogen and oxygen atoms in total. The van der Waals surface area contributed by atoms with Crippen LogP contribution in [0.4, 0.5) is 0 Å². The Balaban J connectivity index is 1.74. The van der Waals surface area contributed by atoms with E-state index in [9.17, 15) is 9.90 Å². The second-order valence-corrected chi connectivity index (χ2v) is 7.29. The number of aliphatic hydroxyl groups is 1. The molecule has 4 heteroatoms. The molecule has 104 valence electrons. The second kappa shape index (κ2) is 4.91. The van der Waals surface area contributed by atoms with E-state index in [0.29, 0.717) is 0 Å². The van der Waals surface area contributed by atoms with Crippen molar-refractivity contribution in [2.24, 2.45) is 5.92 Å². The molecule has 1 fully saturated rings. The Labute approximate surface area is 118 Å². The van der Waals surface area contributed by atoms with Gasteiger partial charge in [-0.1, -0.05) is 6.92 Å². The van der Waals surface area contributed by atoms with Gasteiger partial charge < -0.3 is 10.4 Å². The van der Waals surface area contributed by atoms with Crippen molar-refractivity contribution in [3.05, 3.63) is 21.4 Å². The first-order chi connectivity index (χ1) is 9.12. The largest absolute Gasteiger partial charge is 0.394 e. The number of rotatable bonds is 3. The normalized spacial score (nSPS) is 24.4. The van der Waals surface area contributed by atoms with E-state index in [4.69, 9.17) is 0 Å². The average molecular weight is 279 g/mol. The number of hydrogen-bond acceptors (Lipinski definition) is 3. The summed E-state index contributed by atoms with van der Waals surface area (Å²) in [6.07, 6.45) is 6.34. The molecule has 0 aromatic carbocycles. The molecule has 0 saturated heterocycles. The standard InChI is InChI=1S/C15H21NO2S/c1-10-3-4-12-11(7-10)8-13(19-12)14(18)16-15(9-17)5-2-6-15/h8,10,17H,2-7,9H2,1H3,(H,16,18). The van der Waals surface area contributed by atoms with Crippen LogP contribution in [0, 0.1) is 5.92 Å². The third kappa shape index (κ3) is 2.43. The van der Waals surface area contributed by atoms with Crippen molar-refractivity contribution < 1.29 is 9.90 Å². The predicted molar refractivity (Wildman–Crippen MR) is 76.6 cm³/mol. The zero-order valence-corrected chi connectivity index (χ0v) is 12.2. The molecule has 2 aliphatic carbocycles. The van der Waals surface area contributed by atoms with Gasteiger partial charge in [0.15, 0.2) is 0 Å². The van der Waals surface area contributed by atoms with E-state index in [0.717, 1.165) is 42.9 Å². The second-order valence-electron chi connectivity index (χ2n) is 6.15. The molecule has 0 radical (unpaired) electrons. The molecule has 2 aliphatic rings. The van der Waals surface area contributed by atoms with E-state index in [-0.39, 0.29) is 18.1 Å². The van der Waals surface area contributed by atoms with E-state index in [1.807, 2.05) is 0 Å². The van der Waals surface area contributed by atoms with Gasteiger partial charge in [-0.05, 0) is 56.1 Å². The van der Waals surface area contributed by atoms with Crippen LogP contribution in [0.3, 0.4) is 0 Å². The van der Waals surface area contributed by atoms with Crippen molar-refractivity contribution in [1.82, 2.24) is 5.32 Å². The number of amides is 1. The van der Waals surface area contributed by atoms with Gasteiger partial charge in [-0.25, -0.2) is 0 Å². The van der Waals surface area contributed by atoms with Crippen LogP contribution in [0.5, 0.6) is 0 Å². The maximum Gasteiger partial charge on any atom is 0.261 e. The number of carbonyl (C=O) groups is 1. The quantitative estimate of drug-likeness (QED) is 0.893. The van der Waals surface area contributed by atoms with Crippen molar-refractivity contribution in [1.29, 1.82) is 0 Å². The van der Waals surface area contributed by atoms with Crippen LogP contribution in [0.1, 0.15) is 52.7 Å². The van der Waals surface area contributed by atoms with Crippen molar-refractivity contribution in [2.45, 2.75) is 51.0 Å². The summed E-state index contributed by atoms with van der Waals surface area (Å²) in [5, 5.41) is 12.5. The third-order valence-electron chi connectivity index (χ3n) is 4.55. The van der Waals surface area contributed by atoms with Crippen molar-refractivity contribution >= 4 is 17.2 Å². The summed E-state index contributed by atoms with van der Waals surface area (Å²) in [7, 11) is 0. The predicted octanol–water partition coefficient (Wildman–Crippen LogP) is 2.52. The molecule has 1 unspecified atom stereocenters. The van der Waals surface area contributed by atoms with E-state index >= 15 is 0 Å². The van der Waals surface area contributed by atoms with E-state index in [1.54, 1.807) is 11.3 Å². The lowest BCUT2D eigenvalue weighted by molar-refractivity contribution is 0.0645. The Bertz CT molecular complexity index is 485. The van der Waals surface area contributed by atoms with Gasteiger partial charge in [0, 0.05) is 4.88 Å². The lowest BCUT2D eigenvalue weighted by Crippen LogP contribution is -2.56. The smallest absolute Gasteiger partial charge is 0.261 e. The highest BCUT2D eigenvalue weighted by atomic mass is 32.1. The summed E-state index contributed by atoms with van der Waals surface area (Å²) < 4.78 is 0. The highest BCUT2D eigenvalue weighted by Gasteiger charge is 2.38. The maximum atomic E-state index is 12.3. The number of aryl methyl sites for hydroxylation is 1. The highest BCUT2D eigenvalue weighted by Crippen LogP contribution is 2.34. The number of nitrogens with one attached hydrogen (secondary N) is 1. The van der Waals surface area contributed by atoms with Crippen LogP contribution in [0.15, 0.2) is 6.07 Å². The van der Waals surface area contributed by atoms with Gasteiger partial charge in [0.05, 0.1) is 17.0 Å². The van der Waals surface area contributed by atoms with Crippen molar-refractivity contribution in [2.75, 3.05) is 6.61 Å². The number of carbonyl (C=O) groups excluding carboxylic acids is 1. The zero-order valence-electron chi connectivity index (χ0n) is 11.4. The molecule has 19 heavy (non-hydrogen) atoms. The van der Waals surface area contributed by atoms with Gasteiger partial charge in [-0.2, -0.15) is 0 Å². The van der Waals surface area contributed by atoms with Crippen LogP contribution in [0.25, 0.3) is 0 Å². The highest BCUT2D eigenvalue weighted by molar-refractivity contribution is 7.14. The molecular weight excluding hydrogens is 258 g/mol. The molecule has 1 amide bonds. The molecule has 1 saturated carbocycles. The Morgan fingerprint density at radius 3 is 3.00 bits per heavy atom. The minimum Gasteiger partial charge on any atom is -0.394 e. The molecule has 1 atom stereocenters. The van der Waals surface area contributed by atoms with Crippen LogP contribution < -0.4 is 5.32 Å². The fraction of sp³-hybridized carbons (Fsp3) is 0.667. The first-order valence-electron chi connectivity index (χ1n) is 7.17. The van der Waals surface area contributed by atoms with Crippen LogP contribution in [-0.2, 0) is 12.8 Å². The molecule has 0 aliphatic heterocycles. The fourth-order valence-corrected chi connectivity index (χ4v) is 4.15. The summed E-state index contributed by atoms with van der Waals surface area (Å²) >= 11 is 1.64. The minimum atomic E-state index is -0.338. The lowest BCUT2D eigenvalue weighted by Gasteiger charge is -2.40. The Morgan fingerprint density at radius 2 is 2.37 bits per heavy atom. The van der Waals surface area contributed by atoms with E-state index < -0.39 is 0 Å². The number of fused-ring (bicyclic) bond motifs is 1. The summed E-state index contributed by atoms with van der Waals surface area (Å²) in [4.78, 5) is 14.5. The zero-order chi connectivity index (χ0) is 13.5. The van der Waals surface area contributed by atoms with Crippen LogP contribution >= 0.6 is 11.3 Å². The number of thiophene rings is 1. The molecule has 2 N–H and O–H groups in total. The van der Waals surface area contributed by atoms with E-state index in [2.05, 4.69) is 18.3 Å². The monoisotopic (exact) mass is 279 g/mol. The average Bonchev–Trinajstić information content (AvgIpc) is 2.76. The Morgan fingerprint density at radius 1 is 1.58 bits per heavy atom. The van der Waals surface area contributed by atoms with Crippen LogP contribution in [-0.4, -0.2) is 23.2 Å². The van der Waals surface area contributed by atoms with Gasteiger partial charge >= 0.3 is 0 Å². The fourth-order valence-electron chi connectivity index (χ4n) is 3.05. The van der Waals surface area contributed by atoms with Gasteiger partial charge in [0.1, 0.15) is 0 Å². The molecule has 3 rings (SSSR count). The summed E-state index contributed by atoms with van der Waals surface area (Å²) in [6, 6.07) is 2.06. The summed E-state index contributed by atoms with van der Waals surface area (Å²) in [5.74, 6) is 0.731. The molecule has 0 spiro atoms.